The molecule has 6 nitrogen and oxygen atoms in total. The van der Waals surface area contributed by atoms with Gasteiger partial charge in [-0.25, -0.2) is 9.97 Å². The fourth-order valence-corrected chi connectivity index (χ4v) is 2.22. The van der Waals surface area contributed by atoms with E-state index in [1.807, 2.05) is 17.7 Å². The lowest BCUT2D eigenvalue weighted by Gasteiger charge is -2.23. The second-order valence-corrected chi connectivity index (χ2v) is 4.57. The first-order chi connectivity index (χ1) is 8.74. The molecule has 94 valence electrons. The minimum absolute atomic E-state index is 0.122. The van der Waals surface area contributed by atoms with Crippen LogP contribution in [0.25, 0.3) is 11.0 Å². The Bertz CT molecular complexity index is 581. The van der Waals surface area contributed by atoms with Gasteiger partial charge in [-0.2, -0.15) is 0 Å². The Morgan fingerprint density at radius 1 is 1.50 bits per heavy atom. The van der Waals surface area contributed by atoms with Crippen molar-refractivity contribution in [1.29, 1.82) is 0 Å². The van der Waals surface area contributed by atoms with E-state index >= 15 is 0 Å². The molecule has 1 atom stereocenters. The van der Waals surface area contributed by atoms with Crippen LogP contribution < -0.4 is 10.6 Å². The van der Waals surface area contributed by atoms with Gasteiger partial charge in [0.25, 0.3) is 0 Å². The highest BCUT2D eigenvalue weighted by Crippen LogP contribution is 2.20. The third-order valence-corrected chi connectivity index (χ3v) is 3.25. The molecule has 2 N–H and O–H groups in total. The van der Waals surface area contributed by atoms with E-state index in [-0.39, 0.29) is 11.9 Å². The van der Waals surface area contributed by atoms with E-state index in [0.717, 1.165) is 23.3 Å². The minimum atomic E-state index is 0.122. The zero-order chi connectivity index (χ0) is 12.5. The molecule has 0 saturated carbocycles. The molecule has 2 aromatic heterocycles. The highest BCUT2D eigenvalue weighted by molar-refractivity contribution is 5.86. The molecule has 1 aliphatic heterocycles. The molecule has 18 heavy (non-hydrogen) atoms. The molecule has 0 radical (unpaired) electrons. The van der Waals surface area contributed by atoms with Gasteiger partial charge in [0.15, 0.2) is 5.82 Å². The highest BCUT2D eigenvalue weighted by atomic mass is 16.1. The molecular weight excluding hydrogens is 230 g/mol. The number of aromatic nitrogens is 3. The van der Waals surface area contributed by atoms with Crippen LogP contribution in [-0.4, -0.2) is 33.0 Å². The molecule has 0 aliphatic carbocycles. The third kappa shape index (κ3) is 1.90. The fourth-order valence-electron chi connectivity index (χ4n) is 2.22. The highest BCUT2D eigenvalue weighted by Gasteiger charge is 2.19. The molecule has 1 fully saturated rings. The van der Waals surface area contributed by atoms with E-state index in [1.54, 1.807) is 12.5 Å². The number of aryl methyl sites for hydroxylation is 1. The molecule has 1 unspecified atom stereocenters. The molecule has 1 aliphatic rings. The van der Waals surface area contributed by atoms with E-state index in [9.17, 15) is 4.79 Å². The van der Waals surface area contributed by atoms with Crippen molar-refractivity contribution in [2.24, 2.45) is 7.05 Å². The van der Waals surface area contributed by atoms with Crippen molar-refractivity contribution in [2.75, 3.05) is 11.9 Å². The van der Waals surface area contributed by atoms with Crippen LogP contribution in [0.5, 0.6) is 0 Å². The maximum atomic E-state index is 11.1. The maximum absolute atomic E-state index is 11.1. The lowest BCUT2D eigenvalue weighted by Crippen LogP contribution is -2.42. The number of amides is 1. The number of anilines is 1. The standard InChI is InChI=1S/C12H15N5O/c1-17-7-15-11-9(17)4-5-13-12(11)16-8-2-3-10(18)14-6-8/h4-5,7-8H,2-3,6H2,1H3,(H,13,16)(H,14,18). The average molecular weight is 245 g/mol. The van der Waals surface area contributed by atoms with Gasteiger partial charge in [-0.1, -0.05) is 0 Å². The van der Waals surface area contributed by atoms with Crippen LogP contribution in [0.3, 0.4) is 0 Å². The van der Waals surface area contributed by atoms with Crippen LogP contribution in [0, 0.1) is 0 Å². The Morgan fingerprint density at radius 3 is 3.17 bits per heavy atom. The van der Waals surface area contributed by atoms with Crippen LogP contribution >= 0.6 is 0 Å². The fraction of sp³-hybridized carbons (Fsp3) is 0.417. The second-order valence-electron chi connectivity index (χ2n) is 4.57. The molecule has 3 heterocycles. The first-order valence-corrected chi connectivity index (χ1v) is 6.03. The third-order valence-electron chi connectivity index (χ3n) is 3.25. The molecule has 1 amide bonds. The number of carbonyl (C=O) groups is 1. The van der Waals surface area contributed by atoms with Crippen molar-refractivity contribution in [3.8, 4) is 0 Å². The Kier molecular flexibility index (Phi) is 2.62. The second kappa shape index (κ2) is 4.29. The molecule has 0 spiro atoms. The van der Waals surface area contributed by atoms with Crippen molar-refractivity contribution < 1.29 is 4.79 Å². The number of piperidine rings is 1. The van der Waals surface area contributed by atoms with Crippen LogP contribution in [0.2, 0.25) is 0 Å². The zero-order valence-electron chi connectivity index (χ0n) is 10.2. The van der Waals surface area contributed by atoms with E-state index in [1.165, 1.54) is 0 Å². The largest absolute Gasteiger partial charge is 0.364 e. The predicted molar refractivity (Wildman–Crippen MR) is 68.2 cm³/mol. The summed E-state index contributed by atoms with van der Waals surface area (Å²) >= 11 is 0. The molecule has 0 aromatic carbocycles. The number of hydrogen-bond acceptors (Lipinski definition) is 4. The van der Waals surface area contributed by atoms with Crippen LogP contribution in [0.15, 0.2) is 18.6 Å². The van der Waals surface area contributed by atoms with Gasteiger partial charge in [-0.3, -0.25) is 4.79 Å². The van der Waals surface area contributed by atoms with Crippen LogP contribution in [-0.2, 0) is 11.8 Å². The monoisotopic (exact) mass is 245 g/mol. The summed E-state index contributed by atoms with van der Waals surface area (Å²) in [6, 6.07) is 2.17. The number of fused-ring (bicyclic) bond motifs is 1. The number of nitrogens with zero attached hydrogens (tertiary/aromatic N) is 3. The first kappa shape index (κ1) is 11.0. The Morgan fingerprint density at radius 2 is 2.39 bits per heavy atom. The summed E-state index contributed by atoms with van der Waals surface area (Å²) in [6.45, 7) is 0.643. The number of imidazole rings is 1. The summed E-state index contributed by atoms with van der Waals surface area (Å²) in [5, 5.41) is 6.21. The number of hydrogen-bond donors (Lipinski definition) is 2. The van der Waals surface area contributed by atoms with Gasteiger partial charge < -0.3 is 15.2 Å². The molecule has 2 aromatic rings. The van der Waals surface area contributed by atoms with E-state index < -0.39 is 0 Å². The molecule has 0 bridgehead atoms. The van der Waals surface area contributed by atoms with E-state index in [4.69, 9.17) is 0 Å². The van der Waals surface area contributed by atoms with E-state index in [2.05, 4.69) is 20.6 Å². The maximum Gasteiger partial charge on any atom is 0.220 e. The van der Waals surface area contributed by atoms with Gasteiger partial charge in [0.05, 0.1) is 11.8 Å². The van der Waals surface area contributed by atoms with Crippen molar-refractivity contribution in [3.63, 3.8) is 0 Å². The van der Waals surface area contributed by atoms with Crippen molar-refractivity contribution >= 4 is 22.8 Å². The summed E-state index contributed by atoms with van der Waals surface area (Å²) in [6.07, 6.45) is 4.94. The van der Waals surface area contributed by atoms with Gasteiger partial charge in [-0.15, -0.1) is 0 Å². The SMILES string of the molecule is Cn1cnc2c(NC3CCC(=O)NC3)nccc21. The smallest absolute Gasteiger partial charge is 0.220 e. The number of nitrogens with one attached hydrogen (secondary N) is 2. The average Bonchev–Trinajstić information content (AvgIpc) is 2.76. The number of pyridine rings is 1. The summed E-state index contributed by atoms with van der Waals surface area (Å²) < 4.78 is 1.96. The van der Waals surface area contributed by atoms with Gasteiger partial charge in [0.1, 0.15) is 5.52 Å². The van der Waals surface area contributed by atoms with E-state index in [0.29, 0.717) is 13.0 Å². The normalized spacial score (nSPS) is 19.8. The topological polar surface area (TPSA) is 71.8 Å². The van der Waals surface area contributed by atoms with Crippen molar-refractivity contribution in [2.45, 2.75) is 18.9 Å². The van der Waals surface area contributed by atoms with Gasteiger partial charge >= 0.3 is 0 Å². The summed E-state index contributed by atoms with van der Waals surface area (Å²) in [7, 11) is 1.96. The summed E-state index contributed by atoms with van der Waals surface area (Å²) in [4.78, 5) is 19.8. The molecule has 6 heteroatoms. The molecule has 1 saturated heterocycles. The Balaban J connectivity index is 1.84. The Labute approximate surface area is 104 Å². The lowest BCUT2D eigenvalue weighted by atomic mass is 10.1. The molecule has 3 rings (SSSR count). The van der Waals surface area contributed by atoms with Gasteiger partial charge in [0.2, 0.25) is 5.91 Å². The zero-order valence-corrected chi connectivity index (χ0v) is 10.2. The molecular formula is C12H15N5O. The summed E-state index contributed by atoms with van der Waals surface area (Å²) in [5.41, 5.74) is 1.92. The van der Waals surface area contributed by atoms with Crippen LogP contribution in [0.1, 0.15) is 12.8 Å². The lowest BCUT2D eigenvalue weighted by molar-refractivity contribution is -0.122. The van der Waals surface area contributed by atoms with Crippen molar-refractivity contribution in [3.05, 3.63) is 18.6 Å². The van der Waals surface area contributed by atoms with Crippen molar-refractivity contribution in [1.82, 2.24) is 19.9 Å². The Hall–Kier alpha value is -2.11. The number of carbonyl (C=O) groups excluding carboxylic acids is 1. The predicted octanol–water partition coefficient (Wildman–Crippen LogP) is 0.659. The number of rotatable bonds is 2. The summed E-state index contributed by atoms with van der Waals surface area (Å²) in [5.74, 6) is 0.909. The van der Waals surface area contributed by atoms with Gasteiger partial charge in [-0.05, 0) is 12.5 Å². The quantitative estimate of drug-likeness (QED) is 0.815. The first-order valence-electron chi connectivity index (χ1n) is 6.03. The van der Waals surface area contributed by atoms with Gasteiger partial charge in [0, 0.05) is 32.3 Å². The minimum Gasteiger partial charge on any atom is -0.364 e. The van der Waals surface area contributed by atoms with Crippen LogP contribution in [0.4, 0.5) is 5.82 Å².